The van der Waals surface area contributed by atoms with E-state index in [1.807, 2.05) is 24.3 Å². The summed E-state index contributed by atoms with van der Waals surface area (Å²) in [5.41, 5.74) is 9.08. The van der Waals surface area contributed by atoms with Gasteiger partial charge in [-0.2, -0.15) is 0 Å². The molecule has 0 radical (unpaired) electrons. The minimum absolute atomic E-state index is 0.641. The highest BCUT2D eigenvalue weighted by molar-refractivity contribution is 6.17. The van der Waals surface area contributed by atoms with Gasteiger partial charge in [-0.1, -0.05) is 103 Å². The molecule has 10 rings (SSSR count). The van der Waals surface area contributed by atoms with Crippen LogP contribution in [0.5, 0.6) is 0 Å². The van der Waals surface area contributed by atoms with Gasteiger partial charge < -0.3 is 4.42 Å². The second kappa shape index (κ2) is 8.76. The fourth-order valence-corrected chi connectivity index (χ4v) is 7.05. The van der Waals surface area contributed by atoms with Crippen molar-refractivity contribution in [2.45, 2.75) is 0 Å². The summed E-state index contributed by atoms with van der Waals surface area (Å²) in [6.45, 7) is 0. The van der Waals surface area contributed by atoms with Crippen molar-refractivity contribution in [1.82, 2.24) is 9.97 Å². The van der Waals surface area contributed by atoms with Gasteiger partial charge in [0, 0.05) is 32.7 Å². The molecule has 0 bridgehead atoms. The third-order valence-electron chi connectivity index (χ3n) is 8.97. The fourth-order valence-electron chi connectivity index (χ4n) is 7.05. The van der Waals surface area contributed by atoms with Gasteiger partial charge >= 0.3 is 0 Å². The third-order valence-corrected chi connectivity index (χ3v) is 8.97. The first-order chi connectivity index (χ1) is 21.8. The molecule has 4 heteroatoms. The zero-order chi connectivity index (χ0) is 28.8. The summed E-state index contributed by atoms with van der Waals surface area (Å²) in [4.78, 5) is 12.9. The molecule has 3 heterocycles. The molecule has 0 spiro atoms. The molecule has 0 atom stereocenters. The van der Waals surface area contributed by atoms with Crippen molar-refractivity contribution >= 4 is 71.7 Å². The smallest absolute Gasteiger partial charge is 0.235 e. The molecule has 9 aromatic rings. The van der Waals surface area contributed by atoms with Crippen LogP contribution in [0.25, 0.3) is 76.8 Å². The van der Waals surface area contributed by atoms with Crippen LogP contribution in [0.2, 0.25) is 0 Å². The Balaban J connectivity index is 1.33. The maximum absolute atomic E-state index is 6.28. The SMILES string of the molecule is c1ccc2cc3c(cc2c1)-c1cccc2cccc(c12)N3c1nc(-c2cccc3oc4ccccc4c23)c2ccccc2n1. The maximum atomic E-state index is 6.28. The number of nitrogens with zero attached hydrogens (tertiary/aromatic N) is 3. The number of hydrogen-bond donors (Lipinski definition) is 0. The predicted octanol–water partition coefficient (Wildman–Crippen LogP) is 11.0. The molecule has 1 aliphatic rings. The van der Waals surface area contributed by atoms with Gasteiger partial charge in [-0.3, -0.25) is 4.90 Å². The number of rotatable bonds is 2. The molecular weight excluding hydrogens is 538 g/mol. The minimum Gasteiger partial charge on any atom is -0.456 e. The molecule has 2 aromatic heterocycles. The second-order valence-electron chi connectivity index (χ2n) is 11.4. The molecule has 44 heavy (non-hydrogen) atoms. The fraction of sp³-hybridized carbons (Fsp3) is 0. The zero-order valence-electron chi connectivity index (χ0n) is 23.5. The summed E-state index contributed by atoms with van der Waals surface area (Å²) in [5.74, 6) is 0.641. The van der Waals surface area contributed by atoms with Crippen LogP contribution in [-0.2, 0) is 0 Å². The van der Waals surface area contributed by atoms with Crippen molar-refractivity contribution in [1.29, 1.82) is 0 Å². The quantitative estimate of drug-likeness (QED) is 0.211. The Morgan fingerprint density at radius 3 is 2.05 bits per heavy atom. The first-order valence-electron chi connectivity index (χ1n) is 14.8. The Hall–Kier alpha value is -6.00. The topological polar surface area (TPSA) is 42.2 Å². The lowest BCUT2D eigenvalue weighted by Crippen LogP contribution is -2.18. The van der Waals surface area contributed by atoms with Crippen LogP contribution < -0.4 is 4.90 Å². The minimum atomic E-state index is 0.641. The number of anilines is 3. The summed E-state index contributed by atoms with van der Waals surface area (Å²) >= 11 is 0. The summed E-state index contributed by atoms with van der Waals surface area (Å²) in [6, 6.07) is 49.0. The van der Waals surface area contributed by atoms with E-state index in [1.165, 1.54) is 32.7 Å². The van der Waals surface area contributed by atoms with Crippen molar-refractivity contribution in [3.05, 3.63) is 140 Å². The lowest BCUT2D eigenvalue weighted by atomic mass is 9.89. The number of fused-ring (bicyclic) bond motifs is 7. The Morgan fingerprint density at radius 2 is 1.14 bits per heavy atom. The molecule has 0 aliphatic carbocycles. The third kappa shape index (κ3) is 3.22. The summed E-state index contributed by atoms with van der Waals surface area (Å²) in [6.07, 6.45) is 0. The largest absolute Gasteiger partial charge is 0.456 e. The van der Waals surface area contributed by atoms with Crippen molar-refractivity contribution in [3.8, 4) is 22.4 Å². The molecule has 1 aliphatic heterocycles. The van der Waals surface area contributed by atoms with E-state index in [9.17, 15) is 0 Å². The Morgan fingerprint density at radius 1 is 0.455 bits per heavy atom. The summed E-state index contributed by atoms with van der Waals surface area (Å²) < 4.78 is 6.28. The Kier molecular flexibility index (Phi) is 4.69. The van der Waals surface area contributed by atoms with E-state index in [-0.39, 0.29) is 0 Å². The van der Waals surface area contributed by atoms with Gasteiger partial charge in [0.25, 0.3) is 0 Å². The lowest BCUT2D eigenvalue weighted by molar-refractivity contribution is 0.669. The number of benzene rings is 7. The van der Waals surface area contributed by atoms with Crippen molar-refractivity contribution in [2.24, 2.45) is 0 Å². The molecule has 0 unspecified atom stereocenters. The van der Waals surface area contributed by atoms with E-state index < -0.39 is 0 Å². The highest BCUT2D eigenvalue weighted by Crippen LogP contribution is 2.51. The van der Waals surface area contributed by atoms with Crippen LogP contribution in [0.15, 0.2) is 144 Å². The van der Waals surface area contributed by atoms with E-state index in [2.05, 4.69) is 120 Å². The molecule has 7 aromatic carbocycles. The molecule has 0 fully saturated rings. The monoisotopic (exact) mass is 561 g/mol. The average Bonchev–Trinajstić information content (AvgIpc) is 3.46. The highest BCUT2D eigenvalue weighted by Gasteiger charge is 2.29. The molecule has 4 nitrogen and oxygen atoms in total. The maximum Gasteiger partial charge on any atom is 0.235 e. The van der Waals surface area contributed by atoms with E-state index in [0.29, 0.717) is 5.95 Å². The van der Waals surface area contributed by atoms with Gasteiger partial charge in [0.05, 0.1) is 22.6 Å². The Labute approximate surface area is 252 Å². The van der Waals surface area contributed by atoms with Crippen molar-refractivity contribution in [3.63, 3.8) is 0 Å². The number of para-hydroxylation sites is 2. The first-order valence-corrected chi connectivity index (χ1v) is 14.8. The van der Waals surface area contributed by atoms with E-state index in [0.717, 1.165) is 55.5 Å². The van der Waals surface area contributed by atoms with Crippen LogP contribution in [0, 0.1) is 0 Å². The summed E-state index contributed by atoms with van der Waals surface area (Å²) in [7, 11) is 0. The molecule has 204 valence electrons. The van der Waals surface area contributed by atoms with Crippen LogP contribution in [0.1, 0.15) is 0 Å². The number of furan rings is 1. The van der Waals surface area contributed by atoms with Gasteiger partial charge in [0.15, 0.2) is 0 Å². The number of aromatic nitrogens is 2. The van der Waals surface area contributed by atoms with Crippen molar-refractivity contribution < 1.29 is 4.42 Å². The summed E-state index contributed by atoms with van der Waals surface area (Å²) in [5, 5.41) is 7.94. The lowest BCUT2D eigenvalue weighted by Gasteiger charge is -2.32. The van der Waals surface area contributed by atoms with Gasteiger partial charge in [-0.05, 0) is 58.1 Å². The van der Waals surface area contributed by atoms with E-state index in [1.54, 1.807) is 0 Å². The van der Waals surface area contributed by atoms with Gasteiger partial charge in [-0.15, -0.1) is 0 Å². The zero-order valence-corrected chi connectivity index (χ0v) is 23.5. The highest BCUT2D eigenvalue weighted by atomic mass is 16.3. The predicted molar refractivity (Wildman–Crippen MR) is 181 cm³/mol. The van der Waals surface area contributed by atoms with Gasteiger partial charge in [0.1, 0.15) is 11.2 Å². The standard InChI is InChI=1S/C40H23N3O/c1-2-11-26-23-34-31(22-25(26)10-1)27-16-7-12-24-13-8-19-33(37(24)27)43(34)40-41-32-18-5-3-14-28(32)39(42-40)30-17-9-21-36-38(30)29-15-4-6-20-35(29)44-36/h1-23H. The molecule has 0 saturated heterocycles. The molecule has 0 saturated carbocycles. The van der Waals surface area contributed by atoms with Gasteiger partial charge in [-0.25, -0.2) is 9.97 Å². The first kappa shape index (κ1) is 23.6. The molecular formula is C40H23N3O. The van der Waals surface area contributed by atoms with Crippen LogP contribution in [0.4, 0.5) is 17.3 Å². The number of hydrogen-bond acceptors (Lipinski definition) is 4. The van der Waals surface area contributed by atoms with E-state index >= 15 is 0 Å². The normalized spacial score (nSPS) is 12.5. The van der Waals surface area contributed by atoms with Crippen molar-refractivity contribution in [2.75, 3.05) is 4.90 Å². The molecule has 0 amide bonds. The van der Waals surface area contributed by atoms with E-state index in [4.69, 9.17) is 14.4 Å². The van der Waals surface area contributed by atoms with Crippen LogP contribution in [0.3, 0.4) is 0 Å². The van der Waals surface area contributed by atoms with Gasteiger partial charge in [0.2, 0.25) is 5.95 Å². The second-order valence-corrected chi connectivity index (χ2v) is 11.4. The Bertz CT molecular complexity index is 2630. The molecule has 0 N–H and O–H groups in total. The average molecular weight is 562 g/mol. The van der Waals surface area contributed by atoms with Crippen LogP contribution >= 0.6 is 0 Å². The van der Waals surface area contributed by atoms with Crippen LogP contribution in [-0.4, -0.2) is 9.97 Å².